The zero-order valence-electron chi connectivity index (χ0n) is 15.2. The maximum Gasteiger partial charge on any atom is 0.257 e. The molecule has 134 valence electrons. The highest BCUT2D eigenvalue weighted by molar-refractivity contribution is 5.95. The Bertz CT molecular complexity index is 851. The third-order valence-electron chi connectivity index (χ3n) is 4.37. The lowest BCUT2D eigenvalue weighted by Gasteiger charge is -2.35. The molecule has 0 aliphatic carbocycles. The number of anilines is 2. The van der Waals surface area contributed by atoms with Crippen LogP contribution in [0.5, 0.6) is 0 Å². The summed E-state index contributed by atoms with van der Waals surface area (Å²) in [4.78, 5) is 31.4. The molecule has 2 aromatic heterocycles. The third kappa shape index (κ3) is 3.42. The summed E-state index contributed by atoms with van der Waals surface area (Å²) in [6, 6.07) is 5.68. The Balaban J connectivity index is 1.70. The summed E-state index contributed by atoms with van der Waals surface area (Å²) >= 11 is 0. The van der Waals surface area contributed by atoms with Gasteiger partial charge in [0.2, 0.25) is 5.95 Å². The molecule has 8 nitrogen and oxygen atoms in total. The minimum Gasteiger partial charge on any atom is -0.352 e. The first kappa shape index (κ1) is 17.6. The molecule has 1 aliphatic heterocycles. The van der Waals surface area contributed by atoms with E-state index in [4.69, 9.17) is 0 Å². The largest absolute Gasteiger partial charge is 0.352 e. The van der Waals surface area contributed by atoms with Gasteiger partial charge in [0.25, 0.3) is 5.91 Å². The van der Waals surface area contributed by atoms with E-state index >= 15 is 0 Å². The highest BCUT2D eigenvalue weighted by atomic mass is 16.2. The Hall–Kier alpha value is -3.21. The van der Waals surface area contributed by atoms with E-state index in [2.05, 4.69) is 21.0 Å². The summed E-state index contributed by atoms with van der Waals surface area (Å²) in [5.74, 6) is 1.20. The molecule has 1 fully saturated rings. The molecule has 0 bridgehead atoms. The van der Waals surface area contributed by atoms with E-state index in [1.165, 1.54) is 0 Å². The van der Waals surface area contributed by atoms with Crippen molar-refractivity contribution in [3.05, 3.63) is 41.3 Å². The predicted octanol–water partition coefficient (Wildman–Crippen LogP) is 1.08. The Morgan fingerprint density at radius 2 is 1.96 bits per heavy atom. The number of amides is 1. The van der Waals surface area contributed by atoms with Crippen molar-refractivity contribution < 1.29 is 4.79 Å². The predicted molar refractivity (Wildman–Crippen MR) is 98.2 cm³/mol. The van der Waals surface area contributed by atoms with Gasteiger partial charge >= 0.3 is 0 Å². The fourth-order valence-corrected chi connectivity index (χ4v) is 2.91. The number of piperazine rings is 1. The Morgan fingerprint density at radius 3 is 2.58 bits per heavy atom. The van der Waals surface area contributed by atoms with Gasteiger partial charge in [0.1, 0.15) is 11.9 Å². The summed E-state index contributed by atoms with van der Waals surface area (Å²) in [5, 5.41) is 9.23. The second-order valence-corrected chi connectivity index (χ2v) is 6.33. The SMILES string of the molecule is Cc1nc(N(C)C)ncc1C(=O)N1CCN(c2ncccc2C#N)CC1. The molecule has 0 saturated carbocycles. The van der Waals surface area contributed by atoms with E-state index < -0.39 is 0 Å². The fraction of sp³-hybridized carbons (Fsp3) is 0.389. The Morgan fingerprint density at radius 1 is 1.23 bits per heavy atom. The van der Waals surface area contributed by atoms with Crippen molar-refractivity contribution in [1.29, 1.82) is 5.26 Å². The summed E-state index contributed by atoms with van der Waals surface area (Å²) in [6.07, 6.45) is 3.28. The lowest BCUT2D eigenvalue weighted by molar-refractivity contribution is 0.0745. The number of hydrogen-bond donors (Lipinski definition) is 0. The molecular formula is C18H21N7O. The summed E-state index contributed by atoms with van der Waals surface area (Å²) < 4.78 is 0. The molecule has 0 atom stereocenters. The fourth-order valence-electron chi connectivity index (χ4n) is 2.91. The van der Waals surface area contributed by atoms with Gasteiger partial charge in [-0.25, -0.2) is 15.0 Å². The molecule has 26 heavy (non-hydrogen) atoms. The van der Waals surface area contributed by atoms with E-state index in [1.54, 1.807) is 34.3 Å². The maximum absolute atomic E-state index is 12.8. The molecule has 0 unspecified atom stereocenters. The number of nitrogens with zero attached hydrogens (tertiary/aromatic N) is 7. The standard InChI is InChI=1S/C18H21N7O/c1-13-15(12-21-18(22-13)23(2)3)17(26)25-9-7-24(8-10-25)16-14(11-19)5-4-6-20-16/h4-6,12H,7-10H2,1-3H3. The van der Waals surface area contributed by atoms with Gasteiger partial charge in [0.15, 0.2) is 0 Å². The summed E-state index contributed by atoms with van der Waals surface area (Å²) in [6.45, 7) is 4.22. The van der Waals surface area contributed by atoms with Crippen LogP contribution in [0.4, 0.5) is 11.8 Å². The van der Waals surface area contributed by atoms with Crippen LogP contribution in [-0.4, -0.2) is 66.0 Å². The maximum atomic E-state index is 12.8. The van der Waals surface area contributed by atoms with Crippen LogP contribution in [0, 0.1) is 18.3 Å². The Labute approximate surface area is 152 Å². The van der Waals surface area contributed by atoms with Gasteiger partial charge < -0.3 is 14.7 Å². The number of rotatable bonds is 3. The van der Waals surface area contributed by atoms with Crippen LogP contribution in [0.1, 0.15) is 21.6 Å². The van der Waals surface area contributed by atoms with Crippen LogP contribution in [0.15, 0.2) is 24.5 Å². The molecule has 1 aliphatic rings. The van der Waals surface area contributed by atoms with Crippen LogP contribution in [-0.2, 0) is 0 Å². The van der Waals surface area contributed by atoms with Crippen LogP contribution < -0.4 is 9.80 Å². The van der Waals surface area contributed by atoms with Gasteiger partial charge in [-0.1, -0.05) is 0 Å². The molecule has 1 amide bonds. The number of carbonyl (C=O) groups is 1. The van der Waals surface area contributed by atoms with Gasteiger partial charge in [-0.05, 0) is 19.1 Å². The lowest BCUT2D eigenvalue weighted by atomic mass is 10.2. The van der Waals surface area contributed by atoms with Crippen LogP contribution in [0.25, 0.3) is 0 Å². The van der Waals surface area contributed by atoms with Crippen LogP contribution in [0.2, 0.25) is 0 Å². The zero-order valence-corrected chi connectivity index (χ0v) is 15.2. The molecular weight excluding hydrogens is 330 g/mol. The molecule has 0 aromatic carbocycles. The van der Waals surface area contributed by atoms with E-state index in [-0.39, 0.29) is 5.91 Å². The molecule has 8 heteroatoms. The van der Waals surface area contributed by atoms with E-state index in [0.29, 0.717) is 54.8 Å². The molecule has 2 aromatic rings. The van der Waals surface area contributed by atoms with Crippen molar-refractivity contribution in [2.24, 2.45) is 0 Å². The van der Waals surface area contributed by atoms with Crippen molar-refractivity contribution in [3.8, 4) is 6.07 Å². The molecule has 3 rings (SSSR count). The van der Waals surface area contributed by atoms with Crippen molar-refractivity contribution in [3.63, 3.8) is 0 Å². The first-order valence-electron chi connectivity index (χ1n) is 8.41. The third-order valence-corrected chi connectivity index (χ3v) is 4.37. The van der Waals surface area contributed by atoms with Crippen molar-refractivity contribution in [2.75, 3.05) is 50.1 Å². The van der Waals surface area contributed by atoms with Crippen molar-refractivity contribution in [2.45, 2.75) is 6.92 Å². The monoisotopic (exact) mass is 351 g/mol. The highest BCUT2D eigenvalue weighted by Crippen LogP contribution is 2.19. The molecule has 0 N–H and O–H groups in total. The summed E-state index contributed by atoms with van der Waals surface area (Å²) in [7, 11) is 3.73. The number of carbonyl (C=O) groups excluding carboxylic acids is 1. The average Bonchev–Trinajstić information content (AvgIpc) is 2.67. The van der Waals surface area contributed by atoms with Crippen molar-refractivity contribution in [1.82, 2.24) is 19.9 Å². The summed E-state index contributed by atoms with van der Waals surface area (Å²) in [5.41, 5.74) is 1.75. The minimum atomic E-state index is -0.0611. The quantitative estimate of drug-likeness (QED) is 0.817. The van der Waals surface area contributed by atoms with Crippen molar-refractivity contribution >= 4 is 17.7 Å². The van der Waals surface area contributed by atoms with Gasteiger partial charge in [-0.2, -0.15) is 5.26 Å². The first-order valence-corrected chi connectivity index (χ1v) is 8.41. The van der Waals surface area contributed by atoms with Crippen LogP contribution in [0.3, 0.4) is 0 Å². The second-order valence-electron chi connectivity index (χ2n) is 6.33. The number of nitriles is 1. The highest BCUT2D eigenvalue weighted by Gasteiger charge is 2.25. The lowest BCUT2D eigenvalue weighted by Crippen LogP contribution is -2.49. The molecule has 0 spiro atoms. The van der Waals surface area contributed by atoms with Gasteiger partial charge in [0, 0.05) is 52.7 Å². The smallest absolute Gasteiger partial charge is 0.257 e. The number of aromatic nitrogens is 3. The second kappa shape index (κ2) is 7.35. The number of hydrogen-bond acceptors (Lipinski definition) is 7. The van der Waals surface area contributed by atoms with Gasteiger partial charge in [-0.3, -0.25) is 4.79 Å². The Kier molecular flexibility index (Phi) is 4.98. The molecule has 3 heterocycles. The van der Waals surface area contributed by atoms with E-state index in [0.717, 1.165) is 0 Å². The minimum absolute atomic E-state index is 0.0611. The normalized spacial score (nSPS) is 14.1. The number of aryl methyl sites for hydroxylation is 1. The van der Waals surface area contributed by atoms with E-state index in [1.807, 2.05) is 25.9 Å². The zero-order chi connectivity index (χ0) is 18.7. The topological polar surface area (TPSA) is 89.2 Å². The van der Waals surface area contributed by atoms with Crippen LogP contribution >= 0.6 is 0 Å². The number of pyridine rings is 1. The van der Waals surface area contributed by atoms with Gasteiger partial charge in [-0.15, -0.1) is 0 Å². The average molecular weight is 351 g/mol. The molecule has 1 saturated heterocycles. The van der Waals surface area contributed by atoms with E-state index in [9.17, 15) is 10.1 Å². The van der Waals surface area contributed by atoms with Gasteiger partial charge in [0.05, 0.1) is 16.8 Å². The molecule has 0 radical (unpaired) electrons. The first-order chi connectivity index (χ1) is 12.5.